The third-order valence-corrected chi connectivity index (χ3v) is 3.48. The first-order valence-electron chi connectivity index (χ1n) is 7.39. The summed E-state index contributed by atoms with van der Waals surface area (Å²) < 4.78 is 4.90. The molecule has 7 nitrogen and oxygen atoms in total. The molecule has 0 aliphatic rings. The maximum Gasteiger partial charge on any atom is 0.245 e. The van der Waals surface area contributed by atoms with Crippen LogP contribution in [0.25, 0.3) is 10.9 Å². The summed E-state index contributed by atoms with van der Waals surface area (Å²) >= 11 is 0. The lowest BCUT2D eigenvalue weighted by Crippen LogP contribution is -2.37. The van der Waals surface area contributed by atoms with Crippen LogP contribution in [-0.4, -0.2) is 28.5 Å². The van der Waals surface area contributed by atoms with Crippen LogP contribution in [0.15, 0.2) is 47.1 Å². The van der Waals surface area contributed by atoms with Gasteiger partial charge in [-0.3, -0.25) is 14.6 Å². The molecule has 2 aromatic heterocycles. The first-order valence-corrected chi connectivity index (χ1v) is 7.39. The summed E-state index contributed by atoms with van der Waals surface area (Å²) in [5, 5.41) is 7.21. The molecule has 3 rings (SSSR count). The Morgan fingerprint density at radius 3 is 2.75 bits per heavy atom. The molecule has 0 aliphatic carbocycles. The molecular weight excluding hydrogens is 308 g/mol. The fourth-order valence-corrected chi connectivity index (χ4v) is 2.42. The molecule has 2 heterocycles. The minimum absolute atomic E-state index is 0.142. The van der Waals surface area contributed by atoms with Crippen LogP contribution in [0.3, 0.4) is 0 Å². The van der Waals surface area contributed by atoms with Gasteiger partial charge in [-0.2, -0.15) is 0 Å². The average Bonchev–Trinajstić information content (AvgIpc) is 2.97. The quantitative estimate of drug-likeness (QED) is 0.796. The summed E-state index contributed by atoms with van der Waals surface area (Å²) in [5.41, 5.74) is 1.26. The molecule has 7 heteroatoms. The Morgan fingerprint density at radius 2 is 2.04 bits per heavy atom. The summed E-state index contributed by atoms with van der Waals surface area (Å²) in [6.07, 6.45) is 1.66. The van der Waals surface area contributed by atoms with E-state index in [1.807, 2.05) is 24.3 Å². The Balaban J connectivity index is 1.87. The van der Waals surface area contributed by atoms with Gasteiger partial charge in [0.05, 0.1) is 11.2 Å². The maximum atomic E-state index is 12.2. The number of aromatic nitrogens is 2. The van der Waals surface area contributed by atoms with Crippen LogP contribution in [0.4, 0.5) is 11.5 Å². The van der Waals surface area contributed by atoms with Crippen molar-refractivity contribution < 1.29 is 14.1 Å². The van der Waals surface area contributed by atoms with E-state index in [1.54, 1.807) is 25.3 Å². The van der Waals surface area contributed by atoms with Crippen molar-refractivity contribution in [1.29, 1.82) is 0 Å². The van der Waals surface area contributed by atoms with E-state index in [-0.39, 0.29) is 18.4 Å². The van der Waals surface area contributed by atoms with E-state index in [2.05, 4.69) is 15.5 Å². The number of nitrogens with one attached hydrogen (secondary N) is 1. The molecule has 0 unspecified atom stereocenters. The molecule has 0 atom stereocenters. The van der Waals surface area contributed by atoms with Gasteiger partial charge < -0.3 is 14.7 Å². The number of amides is 2. The van der Waals surface area contributed by atoms with Crippen molar-refractivity contribution in [3.63, 3.8) is 0 Å². The van der Waals surface area contributed by atoms with Crippen LogP contribution in [0.2, 0.25) is 0 Å². The monoisotopic (exact) mass is 324 g/mol. The van der Waals surface area contributed by atoms with E-state index in [1.165, 1.54) is 11.8 Å². The van der Waals surface area contributed by atoms with Crippen molar-refractivity contribution in [1.82, 2.24) is 10.1 Å². The highest BCUT2D eigenvalue weighted by Crippen LogP contribution is 2.25. The highest BCUT2D eigenvalue weighted by Gasteiger charge is 2.19. The van der Waals surface area contributed by atoms with Gasteiger partial charge >= 0.3 is 0 Å². The zero-order chi connectivity index (χ0) is 17.1. The number of rotatable bonds is 4. The Kier molecular flexibility index (Phi) is 4.24. The fraction of sp³-hybridized carbons (Fsp3) is 0.176. The third kappa shape index (κ3) is 3.24. The molecule has 0 bridgehead atoms. The van der Waals surface area contributed by atoms with Crippen molar-refractivity contribution in [2.24, 2.45) is 0 Å². The standard InChI is InChI=1S/C17H16N4O3/c1-11-9-15(20-24-11)19-16(23)10-21(12(2)22)14-7-3-5-13-6-4-8-18-17(13)14/h3-9H,10H2,1-2H3,(H,19,20,23). The number of carbonyl (C=O) groups is 2. The molecule has 122 valence electrons. The molecule has 2 amide bonds. The number of para-hydroxylation sites is 1. The molecule has 0 radical (unpaired) electrons. The fourth-order valence-electron chi connectivity index (χ4n) is 2.42. The molecule has 1 N–H and O–H groups in total. The Labute approximate surface area is 138 Å². The molecule has 0 saturated heterocycles. The van der Waals surface area contributed by atoms with E-state index in [0.29, 0.717) is 22.8 Å². The van der Waals surface area contributed by atoms with Crippen LogP contribution in [-0.2, 0) is 9.59 Å². The number of hydrogen-bond acceptors (Lipinski definition) is 5. The SMILES string of the molecule is CC(=O)N(CC(=O)Nc1cc(C)on1)c1cccc2cccnc12. The highest BCUT2D eigenvalue weighted by molar-refractivity contribution is 6.06. The van der Waals surface area contributed by atoms with Crippen LogP contribution >= 0.6 is 0 Å². The van der Waals surface area contributed by atoms with Gasteiger partial charge in [0.2, 0.25) is 11.8 Å². The second-order valence-electron chi connectivity index (χ2n) is 5.33. The maximum absolute atomic E-state index is 12.2. The van der Waals surface area contributed by atoms with Crippen molar-refractivity contribution >= 4 is 34.2 Å². The van der Waals surface area contributed by atoms with Crippen LogP contribution in [0.1, 0.15) is 12.7 Å². The van der Waals surface area contributed by atoms with E-state index in [0.717, 1.165) is 5.39 Å². The molecule has 0 aliphatic heterocycles. The number of carbonyl (C=O) groups excluding carboxylic acids is 2. The number of anilines is 2. The minimum Gasteiger partial charge on any atom is -0.360 e. The zero-order valence-corrected chi connectivity index (χ0v) is 13.3. The summed E-state index contributed by atoms with van der Waals surface area (Å²) in [7, 11) is 0. The number of fused-ring (bicyclic) bond motifs is 1. The number of pyridine rings is 1. The average molecular weight is 324 g/mol. The van der Waals surface area contributed by atoms with Crippen molar-refractivity contribution in [3.8, 4) is 0 Å². The minimum atomic E-state index is -0.369. The second-order valence-corrected chi connectivity index (χ2v) is 5.33. The largest absolute Gasteiger partial charge is 0.360 e. The number of benzene rings is 1. The molecule has 1 aromatic carbocycles. The van der Waals surface area contributed by atoms with Crippen LogP contribution < -0.4 is 10.2 Å². The van der Waals surface area contributed by atoms with Gasteiger partial charge in [-0.25, -0.2) is 0 Å². The highest BCUT2D eigenvalue weighted by atomic mass is 16.5. The van der Waals surface area contributed by atoms with Crippen molar-refractivity contribution in [3.05, 3.63) is 48.4 Å². The predicted octanol–water partition coefficient (Wildman–Crippen LogP) is 2.52. The van der Waals surface area contributed by atoms with E-state index >= 15 is 0 Å². The topological polar surface area (TPSA) is 88.3 Å². The summed E-state index contributed by atoms with van der Waals surface area (Å²) in [6.45, 7) is 3.00. The molecule has 3 aromatic rings. The summed E-state index contributed by atoms with van der Waals surface area (Å²) in [6, 6.07) is 10.8. The zero-order valence-electron chi connectivity index (χ0n) is 13.3. The summed E-state index contributed by atoms with van der Waals surface area (Å²) in [5.74, 6) is 0.287. The normalized spacial score (nSPS) is 10.6. The van der Waals surface area contributed by atoms with Crippen LogP contribution in [0.5, 0.6) is 0 Å². The number of aryl methyl sites for hydroxylation is 1. The second kappa shape index (κ2) is 6.49. The smallest absolute Gasteiger partial charge is 0.245 e. The van der Waals surface area contributed by atoms with E-state index in [9.17, 15) is 9.59 Å². The molecular formula is C17H16N4O3. The van der Waals surface area contributed by atoms with Gasteiger partial charge in [0.25, 0.3) is 0 Å². The Bertz CT molecular complexity index is 898. The molecule has 0 spiro atoms. The van der Waals surface area contributed by atoms with Gasteiger partial charge in [-0.15, -0.1) is 0 Å². The third-order valence-electron chi connectivity index (χ3n) is 3.48. The predicted molar refractivity (Wildman–Crippen MR) is 89.6 cm³/mol. The first-order chi connectivity index (χ1) is 11.5. The van der Waals surface area contributed by atoms with Crippen molar-refractivity contribution in [2.75, 3.05) is 16.8 Å². The Hall–Kier alpha value is -3.22. The van der Waals surface area contributed by atoms with Gasteiger partial charge in [0.15, 0.2) is 5.82 Å². The van der Waals surface area contributed by atoms with Gasteiger partial charge in [-0.05, 0) is 19.1 Å². The van der Waals surface area contributed by atoms with Gasteiger partial charge in [-0.1, -0.05) is 23.4 Å². The lowest BCUT2D eigenvalue weighted by Gasteiger charge is -2.21. The molecule has 24 heavy (non-hydrogen) atoms. The van der Waals surface area contributed by atoms with E-state index < -0.39 is 0 Å². The Morgan fingerprint density at radius 1 is 1.25 bits per heavy atom. The van der Waals surface area contributed by atoms with Gasteiger partial charge in [0, 0.05) is 24.6 Å². The van der Waals surface area contributed by atoms with Gasteiger partial charge in [0.1, 0.15) is 12.3 Å². The summed E-state index contributed by atoms with van der Waals surface area (Å²) in [4.78, 5) is 30.0. The van der Waals surface area contributed by atoms with Crippen LogP contribution in [0, 0.1) is 6.92 Å². The van der Waals surface area contributed by atoms with E-state index in [4.69, 9.17) is 4.52 Å². The molecule has 0 saturated carbocycles. The first kappa shape index (κ1) is 15.7. The van der Waals surface area contributed by atoms with Crippen molar-refractivity contribution in [2.45, 2.75) is 13.8 Å². The molecule has 0 fully saturated rings. The lowest BCUT2D eigenvalue weighted by atomic mass is 10.1. The lowest BCUT2D eigenvalue weighted by molar-refractivity contribution is -0.120. The number of nitrogens with zero attached hydrogens (tertiary/aromatic N) is 3. The number of hydrogen-bond donors (Lipinski definition) is 1.